The molecule has 0 radical (unpaired) electrons. The van der Waals surface area contributed by atoms with Crippen molar-refractivity contribution in [3.8, 4) is 5.75 Å². The molecule has 0 saturated heterocycles. The molecule has 106 valence electrons. The number of carbonyl (C=O) groups excluding carboxylic acids is 1. The third kappa shape index (κ3) is 4.40. The van der Waals surface area contributed by atoms with E-state index in [9.17, 15) is 4.79 Å². The Balaban J connectivity index is 2.83. The van der Waals surface area contributed by atoms with E-state index >= 15 is 0 Å². The summed E-state index contributed by atoms with van der Waals surface area (Å²) in [4.78, 5) is 11.7. The Bertz CT molecular complexity index is 435. The molecule has 0 fully saturated rings. The molecule has 4 nitrogen and oxygen atoms in total. The minimum absolute atomic E-state index is 0.0985. The molecule has 0 bridgehead atoms. The van der Waals surface area contributed by atoms with Crippen LogP contribution in [0.2, 0.25) is 5.02 Å². The van der Waals surface area contributed by atoms with E-state index in [0.29, 0.717) is 23.8 Å². The maximum absolute atomic E-state index is 11.7. The zero-order chi connectivity index (χ0) is 14.4. The van der Waals surface area contributed by atoms with Gasteiger partial charge in [-0.25, -0.2) is 4.79 Å². The number of nitrogens with two attached hydrogens (primary N) is 1. The largest absolute Gasteiger partial charge is 0.477 e. The zero-order valence-electron chi connectivity index (χ0n) is 11.5. The van der Waals surface area contributed by atoms with Crippen LogP contribution in [0.25, 0.3) is 0 Å². The van der Waals surface area contributed by atoms with Crippen LogP contribution >= 0.6 is 11.6 Å². The summed E-state index contributed by atoms with van der Waals surface area (Å²) in [5.74, 6) is 0.0864. The summed E-state index contributed by atoms with van der Waals surface area (Å²) < 4.78 is 10.5. The van der Waals surface area contributed by atoms with Gasteiger partial charge in [-0.2, -0.15) is 0 Å². The number of rotatable bonds is 6. The Morgan fingerprint density at radius 1 is 1.42 bits per heavy atom. The van der Waals surface area contributed by atoms with Crippen LogP contribution in [0, 0.1) is 0 Å². The molecule has 0 aliphatic rings. The van der Waals surface area contributed by atoms with Crippen LogP contribution in [-0.2, 0) is 9.53 Å². The number of esters is 1. The highest BCUT2D eigenvalue weighted by atomic mass is 35.5. The second-order valence-electron chi connectivity index (χ2n) is 4.25. The van der Waals surface area contributed by atoms with Crippen LogP contribution in [-0.4, -0.2) is 18.7 Å². The van der Waals surface area contributed by atoms with E-state index in [0.717, 1.165) is 5.56 Å². The monoisotopic (exact) mass is 285 g/mol. The first-order valence-electron chi connectivity index (χ1n) is 6.37. The van der Waals surface area contributed by atoms with Gasteiger partial charge in [0, 0.05) is 6.04 Å². The summed E-state index contributed by atoms with van der Waals surface area (Å²) in [5, 5.41) is 0.442. The molecule has 19 heavy (non-hydrogen) atoms. The van der Waals surface area contributed by atoms with Crippen molar-refractivity contribution in [1.82, 2.24) is 0 Å². The van der Waals surface area contributed by atoms with Crippen molar-refractivity contribution in [2.24, 2.45) is 5.73 Å². The van der Waals surface area contributed by atoms with Gasteiger partial charge in [-0.1, -0.05) is 24.6 Å². The summed E-state index contributed by atoms with van der Waals surface area (Å²) >= 11 is 6.12. The molecule has 0 amide bonds. The molecule has 1 rings (SSSR count). The van der Waals surface area contributed by atoms with E-state index in [4.69, 9.17) is 26.8 Å². The van der Waals surface area contributed by atoms with Gasteiger partial charge in [0.1, 0.15) is 5.75 Å². The lowest BCUT2D eigenvalue weighted by Gasteiger charge is -2.17. The van der Waals surface area contributed by atoms with Crippen molar-refractivity contribution in [2.45, 2.75) is 39.3 Å². The zero-order valence-corrected chi connectivity index (χ0v) is 12.2. The van der Waals surface area contributed by atoms with Gasteiger partial charge in [-0.15, -0.1) is 0 Å². The van der Waals surface area contributed by atoms with Gasteiger partial charge in [-0.05, 0) is 38.0 Å². The summed E-state index contributed by atoms with van der Waals surface area (Å²) in [6.45, 7) is 5.82. The standard InChI is InChI=1S/C14H20ClNO3/c1-4-12(14(17)18-5-2)19-13-7-6-10(9(3)16)8-11(13)15/h6-9,12H,4-5,16H2,1-3H3/t9-,12?/m1/s1. The molecular weight excluding hydrogens is 266 g/mol. The molecule has 5 heteroatoms. The molecule has 0 heterocycles. The molecule has 1 aromatic carbocycles. The molecule has 1 unspecified atom stereocenters. The number of hydrogen-bond donors (Lipinski definition) is 1. The highest BCUT2D eigenvalue weighted by Gasteiger charge is 2.20. The summed E-state index contributed by atoms with van der Waals surface area (Å²) in [6.07, 6.45) is -0.122. The Kier molecular flexibility index (Phi) is 6.12. The topological polar surface area (TPSA) is 61.5 Å². The Morgan fingerprint density at radius 2 is 2.11 bits per heavy atom. The molecule has 2 atom stereocenters. The van der Waals surface area contributed by atoms with Gasteiger partial charge in [0.2, 0.25) is 0 Å². The van der Waals surface area contributed by atoms with Crippen LogP contribution in [0.3, 0.4) is 0 Å². The minimum Gasteiger partial charge on any atom is -0.477 e. The van der Waals surface area contributed by atoms with Crippen LogP contribution in [0.5, 0.6) is 5.75 Å². The molecule has 0 aliphatic heterocycles. The maximum atomic E-state index is 11.7. The van der Waals surface area contributed by atoms with E-state index in [1.807, 2.05) is 19.9 Å². The summed E-state index contributed by atoms with van der Waals surface area (Å²) in [7, 11) is 0. The molecule has 0 saturated carbocycles. The molecule has 1 aromatic rings. The molecule has 0 aliphatic carbocycles. The van der Waals surface area contributed by atoms with E-state index < -0.39 is 6.10 Å². The van der Waals surface area contributed by atoms with E-state index in [1.165, 1.54) is 0 Å². The lowest BCUT2D eigenvalue weighted by Crippen LogP contribution is -2.28. The number of benzene rings is 1. The predicted molar refractivity (Wildman–Crippen MR) is 75.4 cm³/mol. The first-order valence-corrected chi connectivity index (χ1v) is 6.75. The van der Waals surface area contributed by atoms with Crippen molar-refractivity contribution >= 4 is 17.6 Å². The van der Waals surface area contributed by atoms with Crippen molar-refractivity contribution in [3.05, 3.63) is 28.8 Å². The van der Waals surface area contributed by atoms with Gasteiger partial charge < -0.3 is 15.2 Å². The van der Waals surface area contributed by atoms with Crippen molar-refractivity contribution in [3.63, 3.8) is 0 Å². The Morgan fingerprint density at radius 3 is 2.58 bits per heavy atom. The van der Waals surface area contributed by atoms with Crippen LogP contribution in [0.15, 0.2) is 18.2 Å². The molecule has 2 N–H and O–H groups in total. The van der Waals surface area contributed by atoms with Gasteiger partial charge in [0.15, 0.2) is 6.10 Å². The Labute approximate surface area is 118 Å². The van der Waals surface area contributed by atoms with Gasteiger partial charge >= 0.3 is 5.97 Å². The highest BCUT2D eigenvalue weighted by Crippen LogP contribution is 2.28. The fraction of sp³-hybridized carbons (Fsp3) is 0.500. The van der Waals surface area contributed by atoms with Gasteiger partial charge in [-0.3, -0.25) is 0 Å². The fourth-order valence-electron chi connectivity index (χ4n) is 1.58. The number of carbonyl (C=O) groups is 1. The fourth-order valence-corrected chi connectivity index (χ4v) is 1.82. The first-order chi connectivity index (χ1) is 8.99. The lowest BCUT2D eigenvalue weighted by molar-refractivity contribution is -0.151. The van der Waals surface area contributed by atoms with Gasteiger partial charge in [0.25, 0.3) is 0 Å². The first kappa shape index (κ1) is 15.8. The second-order valence-corrected chi connectivity index (χ2v) is 4.65. The quantitative estimate of drug-likeness (QED) is 0.816. The van der Waals surface area contributed by atoms with Gasteiger partial charge in [0.05, 0.1) is 11.6 Å². The lowest BCUT2D eigenvalue weighted by atomic mass is 10.1. The maximum Gasteiger partial charge on any atom is 0.347 e. The third-order valence-electron chi connectivity index (χ3n) is 2.67. The smallest absolute Gasteiger partial charge is 0.347 e. The number of hydrogen-bond acceptors (Lipinski definition) is 4. The summed E-state index contributed by atoms with van der Waals surface area (Å²) in [6, 6.07) is 5.21. The molecular formula is C14H20ClNO3. The number of ether oxygens (including phenoxy) is 2. The Hall–Kier alpha value is -1.26. The number of halogens is 1. The van der Waals surface area contributed by atoms with Crippen molar-refractivity contribution in [1.29, 1.82) is 0 Å². The average molecular weight is 286 g/mol. The van der Waals surface area contributed by atoms with E-state index in [2.05, 4.69) is 0 Å². The van der Waals surface area contributed by atoms with Crippen LogP contribution in [0.1, 0.15) is 38.8 Å². The summed E-state index contributed by atoms with van der Waals surface area (Å²) in [5.41, 5.74) is 6.69. The van der Waals surface area contributed by atoms with Crippen molar-refractivity contribution < 1.29 is 14.3 Å². The van der Waals surface area contributed by atoms with Crippen molar-refractivity contribution in [2.75, 3.05) is 6.61 Å². The van der Waals surface area contributed by atoms with E-state index in [-0.39, 0.29) is 12.0 Å². The predicted octanol–water partition coefficient (Wildman–Crippen LogP) is 3.08. The highest BCUT2D eigenvalue weighted by molar-refractivity contribution is 6.32. The normalized spacial score (nSPS) is 13.7. The SMILES string of the molecule is CCOC(=O)C(CC)Oc1ccc([C@@H](C)N)cc1Cl. The average Bonchev–Trinajstić information content (AvgIpc) is 2.37. The van der Waals surface area contributed by atoms with E-state index in [1.54, 1.807) is 19.1 Å². The van der Waals surface area contributed by atoms with Crippen LogP contribution in [0.4, 0.5) is 0 Å². The molecule has 0 aromatic heterocycles. The third-order valence-corrected chi connectivity index (χ3v) is 2.97. The minimum atomic E-state index is -0.640. The second kappa shape index (κ2) is 7.36. The van der Waals surface area contributed by atoms with Crippen LogP contribution < -0.4 is 10.5 Å². The molecule has 0 spiro atoms.